The third-order valence-corrected chi connectivity index (χ3v) is 2.91. The quantitative estimate of drug-likeness (QED) is 0.669. The predicted molar refractivity (Wildman–Crippen MR) is 43.0 cm³/mol. The van der Waals surface area contributed by atoms with Gasteiger partial charge >= 0.3 is 0 Å². The fraction of sp³-hybridized carbons (Fsp3) is 0.333. The van der Waals surface area contributed by atoms with Gasteiger partial charge in [0, 0.05) is 6.07 Å². The first-order chi connectivity index (χ1) is 4.86. The number of thiophene rings is 1. The molecule has 0 spiro atoms. The van der Waals surface area contributed by atoms with Gasteiger partial charge < -0.3 is 9.47 Å². The van der Waals surface area contributed by atoms with Crippen molar-refractivity contribution in [2.45, 2.75) is 0 Å². The summed E-state index contributed by atoms with van der Waals surface area (Å²) >= 11 is 4.93. The first-order valence-corrected chi connectivity index (χ1v) is 4.52. The van der Waals surface area contributed by atoms with Gasteiger partial charge in [0.15, 0.2) is 5.06 Å². The maximum absolute atomic E-state index is 5.32. The summed E-state index contributed by atoms with van der Waals surface area (Å²) in [4.78, 5) is 0. The van der Waals surface area contributed by atoms with Gasteiger partial charge in [0.2, 0.25) is 0 Å². The number of hydrogen-bond donors (Lipinski definition) is 0. The zero-order chi connectivity index (χ0) is 6.97. The van der Waals surface area contributed by atoms with E-state index in [0.717, 1.165) is 14.6 Å². The maximum atomic E-state index is 5.32. The average molecular weight is 221 g/mol. The van der Waals surface area contributed by atoms with E-state index in [-0.39, 0.29) is 0 Å². The molecule has 2 nitrogen and oxygen atoms in total. The summed E-state index contributed by atoms with van der Waals surface area (Å²) in [6, 6.07) is 1.90. The smallest absolute Gasteiger partial charge is 0.178 e. The maximum Gasteiger partial charge on any atom is 0.178 e. The lowest BCUT2D eigenvalue weighted by atomic mass is 10.6. The lowest BCUT2D eigenvalue weighted by Gasteiger charge is -2.02. The monoisotopic (exact) mass is 220 g/mol. The molecule has 0 radical (unpaired) electrons. The first-order valence-electron chi connectivity index (χ1n) is 2.91. The Morgan fingerprint density at radius 3 is 3.10 bits per heavy atom. The molecular weight excluding hydrogens is 216 g/mol. The number of ether oxygens (including phenoxy) is 2. The second-order valence-electron chi connectivity index (χ2n) is 1.90. The molecule has 0 aliphatic carbocycles. The van der Waals surface area contributed by atoms with Crippen LogP contribution in [0.3, 0.4) is 0 Å². The summed E-state index contributed by atoms with van der Waals surface area (Å²) in [5.41, 5.74) is 0. The van der Waals surface area contributed by atoms with E-state index in [0.29, 0.717) is 13.2 Å². The third-order valence-electron chi connectivity index (χ3n) is 1.22. The molecule has 1 aromatic heterocycles. The van der Waals surface area contributed by atoms with Gasteiger partial charge in [-0.05, 0) is 15.9 Å². The van der Waals surface area contributed by atoms with Crippen molar-refractivity contribution < 1.29 is 9.47 Å². The summed E-state index contributed by atoms with van der Waals surface area (Å²) in [6.45, 7) is 1.30. The Balaban J connectivity index is 2.43. The van der Waals surface area contributed by atoms with Crippen molar-refractivity contribution in [2.75, 3.05) is 13.2 Å². The highest BCUT2D eigenvalue weighted by atomic mass is 79.9. The minimum absolute atomic E-state index is 0.644. The van der Waals surface area contributed by atoms with Gasteiger partial charge in [0.1, 0.15) is 22.7 Å². The predicted octanol–water partition coefficient (Wildman–Crippen LogP) is 2.28. The Kier molecular flexibility index (Phi) is 1.58. The summed E-state index contributed by atoms with van der Waals surface area (Å²) < 4.78 is 11.6. The first kappa shape index (κ1) is 6.49. The van der Waals surface area contributed by atoms with Crippen LogP contribution >= 0.6 is 27.3 Å². The van der Waals surface area contributed by atoms with Crippen LogP contribution in [0.25, 0.3) is 0 Å². The Morgan fingerprint density at radius 1 is 1.40 bits per heavy atom. The van der Waals surface area contributed by atoms with Gasteiger partial charge in [-0.3, -0.25) is 0 Å². The van der Waals surface area contributed by atoms with Crippen molar-refractivity contribution in [3.8, 4) is 10.8 Å². The van der Waals surface area contributed by atoms with Gasteiger partial charge in [-0.15, -0.1) is 0 Å². The number of rotatable bonds is 0. The molecule has 1 aliphatic heterocycles. The van der Waals surface area contributed by atoms with Gasteiger partial charge in [-0.2, -0.15) is 0 Å². The molecule has 1 aromatic rings. The fourth-order valence-electron chi connectivity index (χ4n) is 0.795. The molecule has 0 amide bonds. The third kappa shape index (κ3) is 1.01. The van der Waals surface area contributed by atoms with Crippen molar-refractivity contribution in [2.24, 2.45) is 0 Å². The zero-order valence-electron chi connectivity index (χ0n) is 5.09. The van der Waals surface area contributed by atoms with Crippen LogP contribution in [0, 0.1) is 0 Å². The van der Waals surface area contributed by atoms with Crippen molar-refractivity contribution in [1.29, 1.82) is 0 Å². The van der Waals surface area contributed by atoms with E-state index in [9.17, 15) is 0 Å². The largest absolute Gasteiger partial charge is 0.488 e. The van der Waals surface area contributed by atoms with Crippen molar-refractivity contribution in [3.05, 3.63) is 9.85 Å². The molecular formula is C6H5BrO2S. The van der Waals surface area contributed by atoms with E-state index in [1.807, 2.05) is 6.07 Å². The highest BCUT2D eigenvalue weighted by Crippen LogP contribution is 2.40. The molecule has 2 heterocycles. The van der Waals surface area contributed by atoms with Crippen LogP contribution in [0.5, 0.6) is 10.8 Å². The number of hydrogen-bond acceptors (Lipinski definition) is 3. The van der Waals surface area contributed by atoms with Crippen LogP contribution in [-0.2, 0) is 0 Å². The van der Waals surface area contributed by atoms with Crippen LogP contribution in [0.4, 0.5) is 0 Å². The lowest BCUT2D eigenvalue weighted by Crippen LogP contribution is -2.06. The van der Waals surface area contributed by atoms with E-state index in [2.05, 4.69) is 15.9 Å². The molecule has 2 rings (SSSR count). The van der Waals surface area contributed by atoms with E-state index >= 15 is 0 Å². The molecule has 0 saturated carbocycles. The van der Waals surface area contributed by atoms with E-state index < -0.39 is 0 Å². The summed E-state index contributed by atoms with van der Waals surface area (Å²) in [5.74, 6) is 0.900. The van der Waals surface area contributed by atoms with E-state index in [4.69, 9.17) is 9.47 Å². The SMILES string of the molecule is Brc1sc2cc1OCCO2. The molecule has 0 fully saturated rings. The molecule has 1 aliphatic rings. The van der Waals surface area contributed by atoms with Crippen LogP contribution in [0.15, 0.2) is 9.85 Å². The van der Waals surface area contributed by atoms with E-state index in [1.165, 1.54) is 0 Å². The van der Waals surface area contributed by atoms with Crippen molar-refractivity contribution >= 4 is 27.3 Å². The van der Waals surface area contributed by atoms with Gasteiger partial charge in [0.05, 0.1) is 0 Å². The number of fused-ring (bicyclic) bond motifs is 2. The lowest BCUT2D eigenvalue weighted by molar-refractivity contribution is 0.232. The standard InChI is InChI=1S/C6H5BrO2S/c7-6-4-3-5(10-6)9-2-1-8-4/h3H,1-2H2. The Labute approximate surface area is 70.9 Å². The normalized spacial score (nSPS) is 15.3. The van der Waals surface area contributed by atoms with Gasteiger partial charge in [-0.25, -0.2) is 0 Å². The molecule has 54 valence electrons. The van der Waals surface area contributed by atoms with Crippen molar-refractivity contribution in [1.82, 2.24) is 0 Å². The van der Waals surface area contributed by atoms with Crippen LogP contribution in [-0.4, -0.2) is 13.2 Å². The molecule has 0 aromatic carbocycles. The molecule has 4 heteroatoms. The van der Waals surface area contributed by atoms with Crippen LogP contribution in [0.1, 0.15) is 0 Å². The molecule has 10 heavy (non-hydrogen) atoms. The molecule has 2 bridgehead atoms. The zero-order valence-corrected chi connectivity index (χ0v) is 7.50. The average Bonchev–Trinajstić information content (AvgIpc) is 2.18. The van der Waals surface area contributed by atoms with Crippen molar-refractivity contribution in [3.63, 3.8) is 0 Å². The molecule has 0 N–H and O–H groups in total. The second kappa shape index (κ2) is 2.43. The number of halogens is 1. The second-order valence-corrected chi connectivity index (χ2v) is 4.23. The highest BCUT2D eigenvalue weighted by molar-refractivity contribution is 9.11. The Bertz CT molecular complexity index is 246. The topological polar surface area (TPSA) is 18.5 Å². The minimum Gasteiger partial charge on any atom is -0.488 e. The van der Waals surface area contributed by atoms with E-state index in [1.54, 1.807) is 11.3 Å². The van der Waals surface area contributed by atoms with Crippen LogP contribution in [0.2, 0.25) is 0 Å². The van der Waals surface area contributed by atoms with Gasteiger partial charge in [0.25, 0.3) is 0 Å². The summed E-state index contributed by atoms with van der Waals surface area (Å²) in [5, 5.41) is 0.930. The highest BCUT2D eigenvalue weighted by Gasteiger charge is 2.11. The molecule has 0 saturated heterocycles. The summed E-state index contributed by atoms with van der Waals surface area (Å²) in [7, 11) is 0. The minimum atomic E-state index is 0.644. The fourth-order valence-corrected chi connectivity index (χ4v) is 2.21. The Hall–Kier alpha value is -0.220. The van der Waals surface area contributed by atoms with Gasteiger partial charge in [-0.1, -0.05) is 11.3 Å². The molecule has 0 atom stereocenters. The summed E-state index contributed by atoms with van der Waals surface area (Å²) in [6.07, 6.45) is 0. The Morgan fingerprint density at radius 2 is 2.20 bits per heavy atom. The molecule has 0 unspecified atom stereocenters. The van der Waals surface area contributed by atoms with Crippen LogP contribution < -0.4 is 9.47 Å².